The third-order valence-corrected chi connectivity index (χ3v) is 6.49. The van der Waals surface area contributed by atoms with Crippen LogP contribution in [0.3, 0.4) is 0 Å². The number of sulfonamides is 1. The minimum atomic E-state index is -4.54. The van der Waals surface area contributed by atoms with Crippen LogP contribution in [0, 0.1) is 11.7 Å². The lowest BCUT2D eigenvalue weighted by molar-refractivity contribution is -0.137. The standard InChI is InChI=1S/C20H21F4N3O3S/c21-16-3-5-17(6-4-16)26-19(28)27-11-9-14(10-12-27)13-25-31(29,30)18-7-1-15(2-8-18)20(22,23)24/h1-8,14,25H,9-13H2,(H,26,28). The lowest BCUT2D eigenvalue weighted by atomic mass is 9.97. The Bertz CT molecular complexity index is 1000. The average molecular weight is 459 g/mol. The largest absolute Gasteiger partial charge is 0.416 e. The molecule has 0 saturated carbocycles. The highest BCUT2D eigenvalue weighted by Crippen LogP contribution is 2.29. The third kappa shape index (κ3) is 6.17. The summed E-state index contributed by atoms with van der Waals surface area (Å²) in [6.45, 7) is 0.955. The molecule has 1 fully saturated rings. The fourth-order valence-corrected chi connectivity index (χ4v) is 4.33. The summed E-state index contributed by atoms with van der Waals surface area (Å²) < 4.78 is 77.9. The van der Waals surface area contributed by atoms with Crippen molar-refractivity contribution < 1.29 is 30.8 Å². The van der Waals surface area contributed by atoms with Gasteiger partial charge in [-0.05, 0) is 67.3 Å². The Morgan fingerprint density at radius 1 is 1.00 bits per heavy atom. The number of benzene rings is 2. The Hall–Kier alpha value is -2.66. The van der Waals surface area contributed by atoms with Gasteiger partial charge in [-0.15, -0.1) is 0 Å². The van der Waals surface area contributed by atoms with E-state index in [1.807, 2.05) is 0 Å². The maximum absolute atomic E-state index is 12.9. The van der Waals surface area contributed by atoms with Gasteiger partial charge in [-0.25, -0.2) is 22.3 Å². The molecule has 11 heteroatoms. The molecule has 0 aromatic heterocycles. The average Bonchev–Trinajstić information content (AvgIpc) is 2.74. The monoisotopic (exact) mass is 459 g/mol. The van der Waals surface area contributed by atoms with Crippen molar-refractivity contribution in [1.29, 1.82) is 0 Å². The molecule has 0 bridgehead atoms. The number of urea groups is 1. The molecule has 1 aliphatic rings. The number of hydrogen-bond donors (Lipinski definition) is 2. The predicted octanol–water partition coefficient (Wildman–Crippen LogP) is 4.07. The normalized spacial score (nSPS) is 15.7. The molecule has 1 heterocycles. The molecule has 0 spiro atoms. The second-order valence-corrected chi connectivity index (χ2v) is 9.01. The van der Waals surface area contributed by atoms with Crippen molar-refractivity contribution in [2.24, 2.45) is 5.92 Å². The first-order valence-electron chi connectivity index (χ1n) is 9.53. The summed E-state index contributed by atoms with van der Waals surface area (Å²) >= 11 is 0. The number of halogens is 4. The molecular formula is C20H21F4N3O3S. The molecule has 1 aliphatic heterocycles. The van der Waals surface area contributed by atoms with Crippen LogP contribution in [0.5, 0.6) is 0 Å². The highest BCUT2D eigenvalue weighted by Gasteiger charge is 2.31. The van der Waals surface area contributed by atoms with Gasteiger partial charge in [0.05, 0.1) is 10.5 Å². The van der Waals surface area contributed by atoms with Gasteiger partial charge in [0.15, 0.2) is 0 Å². The highest BCUT2D eigenvalue weighted by molar-refractivity contribution is 7.89. The first-order chi connectivity index (χ1) is 14.5. The van der Waals surface area contributed by atoms with Crippen molar-refractivity contribution >= 4 is 21.7 Å². The third-order valence-electron chi connectivity index (χ3n) is 5.05. The fourth-order valence-electron chi connectivity index (χ4n) is 3.21. The highest BCUT2D eigenvalue weighted by atomic mass is 32.2. The fraction of sp³-hybridized carbons (Fsp3) is 0.350. The Morgan fingerprint density at radius 2 is 1.58 bits per heavy atom. The first kappa shape index (κ1) is 23.0. The van der Waals surface area contributed by atoms with Crippen LogP contribution in [0.25, 0.3) is 0 Å². The van der Waals surface area contributed by atoms with E-state index in [9.17, 15) is 30.8 Å². The van der Waals surface area contributed by atoms with E-state index in [1.54, 1.807) is 4.90 Å². The number of carbonyl (C=O) groups is 1. The van der Waals surface area contributed by atoms with Gasteiger partial charge < -0.3 is 10.2 Å². The van der Waals surface area contributed by atoms with Crippen molar-refractivity contribution in [3.63, 3.8) is 0 Å². The summed E-state index contributed by atoms with van der Waals surface area (Å²) in [5.41, 5.74) is -0.449. The zero-order valence-corrected chi connectivity index (χ0v) is 17.1. The van der Waals surface area contributed by atoms with Crippen LogP contribution in [0.4, 0.5) is 28.0 Å². The number of carbonyl (C=O) groups excluding carboxylic acids is 1. The first-order valence-corrected chi connectivity index (χ1v) is 11.0. The summed E-state index contributed by atoms with van der Waals surface area (Å²) in [5.74, 6) is -0.420. The van der Waals surface area contributed by atoms with Crippen molar-refractivity contribution in [2.45, 2.75) is 23.9 Å². The SMILES string of the molecule is O=C(Nc1ccc(F)cc1)N1CCC(CNS(=O)(=O)c2ccc(C(F)(F)F)cc2)CC1. The van der Waals surface area contributed by atoms with E-state index >= 15 is 0 Å². The molecule has 31 heavy (non-hydrogen) atoms. The van der Waals surface area contributed by atoms with Gasteiger partial charge in [0, 0.05) is 25.3 Å². The molecule has 2 aromatic rings. The zero-order valence-electron chi connectivity index (χ0n) is 16.3. The van der Waals surface area contributed by atoms with Crippen LogP contribution in [0.15, 0.2) is 53.4 Å². The molecular weight excluding hydrogens is 438 g/mol. The van der Waals surface area contributed by atoms with Gasteiger partial charge in [0.25, 0.3) is 0 Å². The number of piperidine rings is 1. The zero-order chi connectivity index (χ0) is 22.6. The molecule has 2 aromatic carbocycles. The van der Waals surface area contributed by atoms with Crippen LogP contribution in [-0.2, 0) is 16.2 Å². The molecule has 2 amide bonds. The Balaban J connectivity index is 1.48. The van der Waals surface area contributed by atoms with Crippen molar-refractivity contribution in [3.8, 4) is 0 Å². The number of amides is 2. The van der Waals surface area contributed by atoms with Gasteiger partial charge in [0.2, 0.25) is 10.0 Å². The summed E-state index contributed by atoms with van der Waals surface area (Å²) in [7, 11) is -3.94. The van der Waals surface area contributed by atoms with Crippen LogP contribution in [-0.4, -0.2) is 39.0 Å². The smallest absolute Gasteiger partial charge is 0.325 e. The Kier molecular flexibility index (Phi) is 6.85. The van der Waals surface area contributed by atoms with Gasteiger partial charge in [-0.1, -0.05) is 0 Å². The van der Waals surface area contributed by atoms with Crippen molar-refractivity contribution in [3.05, 3.63) is 59.9 Å². The molecule has 0 radical (unpaired) electrons. The van der Waals surface area contributed by atoms with E-state index in [0.717, 1.165) is 24.3 Å². The molecule has 6 nitrogen and oxygen atoms in total. The second-order valence-electron chi connectivity index (χ2n) is 7.24. The Morgan fingerprint density at radius 3 is 2.13 bits per heavy atom. The molecule has 1 saturated heterocycles. The van der Waals surface area contributed by atoms with E-state index in [4.69, 9.17) is 0 Å². The van der Waals surface area contributed by atoms with Crippen LogP contribution >= 0.6 is 0 Å². The van der Waals surface area contributed by atoms with Gasteiger partial charge in [-0.3, -0.25) is 0 Å². The van der Waals surface area contributed by atoms with Crippen molar-refractivity contribution in [2.75, 3.05) is 25.0 Å². The number of rotatable bonds is 5. The lowest BCUT2D eigenvalue weighted by Crippen LogP contribution is -2.43. The van der Waals surface area contributed by atoms with Crippen LogP contribution in [0.1, 0.15) is 18.4 Å². The molecule has 168 valence electrons. The molecule has 2 N–H and O–H groups in total. The topological polar surface area (TPSA) is 78.5 Å². The predicted molar refractivity (Wildman–Crippen MR) is 106 cm³/mol. The number of hydrogen-bond acceptors (Lipinski definition) is 3. The van der Waals surface area contributed by atoms with E-state index in [-0.39, 0.29) is 23.4 Å². The van der Waals surface area contributed by atoms with E-state index in [2.05, 4.69) is 10.0 Å². The maximum Gasteiger partial charge on any atom is 0.416 e. The Labute approximate surface area is 177 Å². The summed E-state index contributed by atoms with van der Waals surface area (Å²) in [4.78, 5) is 13.6. The van der Waals surface area contributed by atoms with Crippen LogP contribution in [0.2, 0.25) is 0 Å². The molecule has 3 rings (SSSR count). The van der Waals surface area contributed by atoms with Gasteiger partial charge >= 0.3 is 12.2 Å². The molecule has 0 aliphatic carbocycles. The van der Waals surface area contributed by atoms with E-state index < -0.39 is 27.6 Å². The minimum absolute atomic E-state index is 0.0147. The lowest BCUT2D eigenvalue weighted by Gasteiger charge is -2.32. The van der Waals surface area contributed by atoms with Crippen LogP contribution < -0.4 is 10.0 Å². The maximum atomic E-state index is 12.9. The van der Waals surface area contributed by atoms with E-state index in [1.165, 1.54) is 24.3 Å². The summed E-state index contributed by atoms with van der Waals surface area (Å²) in [5, 5.41) is 2.68. The van der Waals surface area contributed by atoms with Crippen molar-refractivity contribution in [1.82, 2.24) is 9.62 Å². The second kappa shape index (κ2) is 9.23. The number of likely N-dealkylation sites (tertiary alicyclic amines) is 1. The number of nitrogens with one attached hydrogen (secondary N) is 2. The summed E-state index contributed by atoms with van der Waals surface area (Å²) in [6.07, 6.45) is -3.41. The van der Waals surface area contributed by atoms with Gasteiger partial charge in [-0.2, -0.15) is 13.2 Å². The molecule has 0 atom stereocenters. The summed E-state index contributed by atoms with van der Waals surface area (Å²) in [6, 6.07) is 8.37. The van der Waals surface area contributed by atoms with Gasteiger partial charge in [0.1, 0.15) is 5.82 Å². The quantitative estimate of drug-likeness (QED) is 0.662. The number of alkyl halides is 3. The van der Waals surface area contributed by atoms with E-state index in [0.29, 0.717) is 31.6 Å². The molecule has 0 unspecified atom stereocenters. The number of nitrogens with zero attached hydrogens (tertiary/aromatic N) is 1. The number of anilines is 1. The minimum Gasteiger partial charge on any atom is -0.325 e.